The van der Waals surface area contributed by atoms with Crippen LogP contribution in [0.1, 0.15) is 25.0 Å². The van der Waals surface area contributed by atoms with Gasteiger partial charge in [0.25, 0.3) is 0 Å². The standard InChI is InChI=1S/C59H40/c1-59(2)54-33-32-40(35-53(54)58-43-18-6-3-15-38(43)31-34-55(58)59)37-27-29-39(30-28-37)56-48-23-11-13-25-50(48)57(51-26-14-12-24-49(51)56)47-22-10-9-21-46(47)52-36-41-16-4-5-17-42(41)44-19-7-8-20-45(44)52/h3-36H,1-2H3. The molecule has 0 heterocycles. The molecule has 11 aromatic carbocycles. The van der Waals surface area contributed by atoms with E-state index < -0.39 is 0 Å². The number of hydrogen-bond acceptors (Lipinski definition) is 0. The van der Waals surface area contributed by atoms with Gasteiger partial charge in [-0.3, -0.25) is 0 Å². The van der Waals surface area contributed by atoms with Gasteiger partial charge in [-0.15, -0.1) is 0 Å². The minimum Gasteiger partial charge on any atom is -0.0616 e. The van der Waals surface area contributed by atoms with Gasteiger partial charge in [0.1, 0.15) is 0 Å². The van der Waals surface area contributed by atoms with Crippen LogP contribution >= 0.6 is 0 Å². The fourth-order valence-electron chi connectivity index (χ4n) is 10.5. The van der Waals surface area contributed by atoms with E-state index in [4.69, 9.17) is 0 Å². The third kappa shape index (κ3) is 5.03. The van der Waals surface area contributed by atoms with Crippen LogP contribution in [0, 0.1) is 0 Å². The van der Waals surface area contributed by atoms with Gasteiger partial charge in [0.15, 0.2) is 0 Å². The van der Waals surface area contributed by atoms with E-state index in [1.807, 2.05) is 0 Å². The molecular formula is C59H40. The van der Waals surface area contributed by atoms with Crippen molar-refractivity contribution < 1.29 is 0 Å². The lowest BCUT2D eigenvalue weighted by Crippen LogP contribution is -2.14. The highest BCUT2D eigenvalue weighted by Gasteiger charge is 2.36. The van der Waals surface area contributed by atoms with E-state index in [9.17, 15) is 0 Å². The van der Waals surface area contributed by atoms with E-state index in [0.29, 0.717) is 0 Å². The van der Waals surface area contributed by atoms with E-state index in [-0.39, 0.29) is 5.41 Å². The van der Waals surface area contributed by atoms with Crippen molar-refractivity contribution in [3.63, 3.8) is 0 Å². The maximum absolute atomic E-state index is 2.43. The molecule has 0 spiro atoms. The first-order chi connectivity index (χ1) is 29.0. The van der Waals surface area contributed by atoms with Crippen molar-refractivity contribution in [2.24, 2.45) is 0 Å². The Hall–Kier alpha value is -7.28. The van der Waals surface area contributed by atoms with Gasteiger partial charge in [-0.2, -0.15) is 0 Å². The summed E-state index contributed by atoms with van der Waals surface area (Å²) < 4.78 is 0. The highest BCUT2D eigenvalue weighted by Crippen LogP contribution is 2.53. The first-order valence-electron chi connectivity index (χ1n) is 20.8. The van der Waals surface area contributed by atoms with Crippen LogP contribution in [-0.4, -0.2) is 0 Å². The zero-order chi connectivity index (χ0) is 39.2. The Morgan fingerprint density at radius 2 is 0.746 bits per heavy atom. The molecule has 276 valence electrons. The molecule has 0 aliphatic heterocycles. The highest BCUT2D eigenvalue weighted by atomic mass is 14.4. The summed E-state index contributed by atoms with van der Waals surface area (Å²) in [6.45, 7) is 4.73. The Labute approximate surface area is 344 Å². The van der Waals surface area contributed by atoms with E-state index >= 15 is 0 Å². The second-order valence-corrected chi connectivity index (χ2v) is 16.7. The molecule has 0 heteroatoms. The molecule has 0 radical (unpaired) electrons. The second kappa shape index (κ2) is 12.9. The van der Waals surface area contributed by atoms with Crippen molar-refractivity contribution in [3.8, 4) is 55.6 Å². The Morgan fingerprint density at radius 3 is 1.44 bits per heavy atom. The monoisotopic (exact) mass is 748 g/mol. The van der Waals surface area contributed by atoms with Crippen LogP contribution < -0.4 is 0 Å². The smallest absolute Gasteiger partial charge is 0.0159 e. The molecule has 0 saturated heterocycles. The zero-order valence-electron chi connectivity index (χ0n) is 33.1. The van der Waals surface area contributed by atoms with Crippen molar-refractivity contribution in [2.45, 2.75) is 19.3 Å². The summed E-state index contributed by atoms with van der Waals surface area (Å²) >= 11 is 0. The molecule has 0 amide bonds. The van der Waals surface area contributed by atoms with Gasteiger partial charge >= 0.3 is 0 Å². The van der Waals surface area contributed by atoms with Crippen LogP contribution in [0.3, 0.4) is 0 Å². The average molecular weight is 749 g/mol. The summed E-state index contributed by atoms with van der Waals surface area (Å²) in [6, 6.07) is 76.9. The molecule has 0 fully saturated rings. The summed E-state index contributed by atoms with van der Waals surface area (Å²) in [5, 5.41) is 12.8. The van der Waals surface area contributed by atoms with Crippen molar-refractivity contribution in [1.82, 2.24) is 0 Å². The quantitative estimate of drug-likeness (QED) is 0.124. The molecule has 12 rings (SSSR count). The molecule has 1 aliphatic carbocycles. The van der Waals surface area contributed by atoms with Crippen LogP contribution in [-0.2, 0) is 5.41 Å². The molecule has 0 bridgehead atoms. The lowest BCUT2D eigenvalue weighted by Gasteiger charge is -2.21. The third-order valence-electron chi connectivity index (χ3n) is 13.3. The fraction of sp³-hybridized carbons (Fsp3) is 0.0508. The van der Waals surface area contributed by atoms with Gasteiger partial charge in [-0.05, 0) is 133 Å². The third-order valence-corrected chi connectivity index (χ3v) is 13.3. The molecule has 0 aromatic heterocycles. The number of hydrogen-bond donors (Lipinski definition) is 0. The molecule has 0 saturated carbocycles. The zero-order valence-corrected chi connectivity index (χ0v) is 33.1. The minimum atomic E-state index is -0.0465. The maximum Gasteiger partial charge on any atom is 0.0159 e. The topological polar surface area (TPSA) is 0 Å². The number of benzene rings is 11. The molecule has 0 N–H and O–H groups in total. The Bertz CT molecular complexity index is 3450. The summed E-state index contributed by atoms with van der Waals surface area (Å²) in [5.41, 5.74) is 15.5. The highest BCUT2D eigenvalue weighted by molar-refractivity contribution is 6.23. The number of rotatable bonds is 4. The van der Waals surface area contributed by atoms with Gasteiger partial charge in [0.05, 0.1) is 0 Å². The molecule has 1 aliphatic rings. The van der Waals surface area contributed by atoms with Crippen molar-refractivity contribution >= 4 is 53.9 Å². The maximum atomic E-state index is 2.43. The van der Waals surface area contributed by atoms with Crippen LogP contribution in [0.15, 0.2) is 206 Å². The predicted molar refractivity (Wildman–Crippen MR) is 253 cm³/mol. The SMILES string of the molecule is CC1(C)c2ccc(-c3ccc(-c4c5ccccc5c(-c5ccccc5-c5cc6ccccc6c6ccccc56)c5ccccc45)cc3)cc2-c2c1ccc1ccccc21. The molecule has 0 nitrogen and oxygen atoms in total. The van der Waals surface area contributed by atoms with E-state index in [1.165, 1.54) is 121 Å². The van der Waals surface area contributed by atoms with Crippen molar-refractivity contribution in [3.05, 3.63) is 217 Å². The van der Waals surface area contributed by atoms with Gasteiger partial charge in [-0.1, -0.05) is 208 Å². The van der Waals surface area contributed by atoms with Gasteiger partial charge in [0.2, 0.25) is 0 Å². The first kappa shape index (κ1) is 33.8. The van der Waals surface area contributed by atoms with Crippen LogP contribution in [0.25, 0.3) is 109 Å². The van der Waals surface area contributed by atoms with E-state index in [0.717, 1.165) is 0 Å². The fourth-order valence-corrected chi connectivity index (χ4v) is 10.5. The summed E-state index contributed by atoms with van der Waals surface area (Å²) in [4.78, 5) is 0. The van der Waals surface area contributed by atoms with Crippen molar-refractivity contribution in [2.75, 3.05) is 0 Å². The van der Waals surface area contributed by atoms with Gasteiger partial charge in [-0.25, -0.2) is 0 Å². The lowest BCUT2D eigenvalue weighted by atomic mass is 9.81. The van der Waals surface area contributed by atoms with Crippen LogP contribution in [0.2, 0.25) is 0 Å². The molecule has 11 aromatic rings. The summed E-state index contributed by atoms with van der Waals surface area (Å²) in [6.07, 6.45) is 0. The second-order valence-electron chi connectivity index (χ2n) is 16.7. The average Bonchev–Trinajstić information content (AvgIpc) is 3.53. The van der Waals surface area contributed by atoms with Crippen LogP contribution in [0.5, 0.6) is 0 Å². The predicted octanol–water partition coefficient (Wildman–Crippen LogP) is 16.4. The van der Waals surface area contributed by atoms with Crippen molar-refractivity contribution in [1.29, 1.82) is 0 Å². The lowest BCUT2D eigenvalue weighted by molar-refractivity contribution is 0.661. The molecule has 0 unspecified atom stereocenters. The minimum absolute atomic E-state index is 0.0465. The summed E-state index contributed by atoms with van der Waals surface area (Å²) in [5.74, 6) is 0. The molecule has 59 heavy (non-hydrogen) atoms. The Kier molecular flexibility index (Phi) is 7.38. The van der Waals surface area contributed by atoms with Gasteiger partial charge in [0, 0.05) is 5.41 Å². The van der Waals surface area contributed by atoms with E-state index in [2.05, 4.69) is 220 Å². The Morgan fingerprint density at radius 1 is 0.254 bits per heavy atom. The van der Waals surface area contributed by atoms with Crippen LogP contribution in [0.4, 0.5) is 0 Å². The largest absolute Gasteiger partial charge is 0.0616 e. The summed E-state index contributed by atoms with van der Waals surface area (Å²) in [7, 11) is 0. The van der Waals surface area contributed by atoms with Gasteiger partial charge < -0.3 is 0 Å². The normalized spacial score (nSPS) is 13.1. The first-order valence-corrected chi connectivity index (χ1v) is 20.8. The molecule has 0 atom stereocenters. The van der Waals surface area contributed by atoms with E-state index in [1.54, 1.807) is 0 Å². The Balaban J connectivity index is 1.02. The number of fused-ring (bicyclic) bond motifs is 10. The molecular weight excluding hydrogens is 709 g/mol.